The van der Waals surface area contributed by atoms with Gasteiger partial charge in [0.1, 0.15) is 5.82 Å². The Labute approximate surface area is 85.3 Å². The van der Waals surface area contributed by atoms with Crippen LogP contribution in [0, 0.1) is 6.92 Å². The zero-order chi connectivity index (χ0) is 10.6. The number of allylic oxidation sites excluding steroid dienone is 1. The molecular weight excluding hydrogens is 174 g/mol. The van der Waals surface area contributed by atoms with Crippen LogP contribution in [0.15, 0.2) is 24.0 Å². The molecule has 0 spiro atoms. The van der Waals surface area contributed by atoms with E-state index in [1.165, 1.54) is 5.57 Å². The Hall–Kier alpha value is -1.22. The second-order valence-electron chi connectivity index (χ2n) is 3.63. The second-order valence-corrected chi connectivity index (χ2v) is 3.63. The Morgan fingerprint density at radius 3 is 2.36 bits per heavy atom. The predicted octanol–water partition coefficient (Wildman–Crippen LogP) is 2.01. The molecule has 0 amide bonds. The molecule has 3 nitrogen and oxygen atoms in total. The minimum atomic E-state index is 0.112. The van der Waals surface area contributed by atoms with Crippen LogP contribution in [0.25, 0.3) is 0 Å². The first-order valence-corrected chi connectivity index (χ1v) is 4.74. The lowest BCUT2D eigenvalue weighted by Gasteiger charge is -2.10. The highest BCUT2D eigenvalue weighted by atomic mass is 15.0. The molecule has 76 valence electrons. The Bertz CT molecular complexity index is 310. The number of nitrogens with one attached hydrogen (secondary N) is 1. The fraction of sp³-hybridized carbons (Fsp3) is 0.455. The molecule has 1 N–H and O–H groups in total. The van der Waals surface area contributed by atoms with Gasteiger partial charge < -0.3 is 5.32 Å². The number of hydrogen-bond acceptors (Lipinski definition) is 3. The number of nitrogens with zero attached hydrogens (tertiary/aromatic N) is 2. The van der Waals surface area contributed by atoms with Gasteiger partial charge in [-0.05, 0) is 33.4 Å². The van der Waals surface area contributed by atoms with Gasteiger partial charge in [0.25, 0.3) is 0 Å². The third kappa shape index (κ3) is 2.92. The van der Waals surface area contributed by atoms with E-state index in [0.29, 0.717) is 0 Å². The van der Waals surface area contributed by atoms with E-state index < -0.39 is 0 Å². The topological polar surface area (TPSA) is 37.8 Å². The van der Waals surface area contributed by atoms with E-state index in [4.69, 9.17) is 0 Å². The Kier molecular flexibility index (Phi) is 3.77. The normalized spacial score (nSPS) is 12.3. The van der Waals surface area contributed by atoms with Gasteiger partial charge >= 0.3 is 0 Å². The van der Waals surface area contributed by atoms with Crippen molar-refractivity contribution in [3.63, 3.8) is 0 Å². The van der Waals surface area contributed by atoms with Gasteiger partial charge in [-0.15, -0.1) is 0 Å². The zero-order valence-electron chi connectivity index (χ0n) is 9.20. The van der Waals surface area contributed by atoms with Crippen molar-refractivity contribution in [2.75, 3.05) is 7.05 Å². The predicted molar refractivity (Wildman–Crippen MR) is 58.0 cm³/mol. The van der Waals surface area contributed by atoms with E-state index >= 15 is 0 Å². The maximum atomic E-state index is 4.28. The molecule has 0 saturated carbocycles. The summed E-state index contributed by atoms with van der Waals surface area (Å²) in [6, 6.07) is 0.112. The van der Waals surface area contributed by atoms with Crippen molar-refractivity contribution in [2.45, 2.75) is 26.8 Å². The van der Waals surface area contributed by atoms with E-state index in [2.05, 4.69) is 35.2 Å². The molecule has 0 fully saturated rings. The smallest absolute Gasteiger partial charge is 0.149 e. The van der Waals surface area contributed by atoms with Crippen molar-refractivity contribution >= 4 is 0 Å². The quantitative estimate of drug-likeness (QED) is 0.743. The summed E-state index contributed by atoms with van der Waals surface area (Å²) < 4.78 is 0. The summed E-state index contributed by atoms with van der Waals surface area (Å²) in [5.74, 6) is 0.819. The molecule has 14 heavy (non-hydrogen) atoms. The van der Waals surface area contributed by atoms with Crippen molar-refractivity contribution in [3.8, 4) is 0 Å². The first-order valence-electron chi connectivity index (χ1n) is 4.74. The minimum absolute atomic E-state index is 0.112. The lowest BCUT2D eigenvalue weighted by atomic mass is 10.2. The van der Waals surface area contributed by atoms with E-state index in [-0.39, 0.29) is 6.04 Å². The molecule has 0 radical (unpaired) electrons. The van der Waals surface area contributed by atoms with Gasteiger partial charge in [0.05, 0.1) is 6.04 Å². The van der Waals surface area contributed by atoms with Crippen LogP contribution in [0.3, 0.4) is 0 Å². The third-order valence-corrected chi connectivity index (χ3v) is 1.89. The van der Waals surface area contributed by atoms with Gasteiger partial charge in [-0.25, -0.2) is 9.97 Å². The molecule has 3 heteroatoms. The van der Waals surface area contributed by atoms with Crippen molar-refractivity contribution < 1.29 is 0 Å². The number of hydrogen-bond donors (Lipinski definition) is 1. The summed E-state index contributed by atoms with van der Waals surface area (Å²) in [5, 5.41) is 3.17. The van der Waals surface area contributed by atoms with Crippen molar-refractivity contribution in [1.82, 2.24) is 15.3 Å². The zero-order valence-corrected chi connectivity index (χ0v) is 9.20. The second kappa shape index (κ2) is 4.86. The highest BCUT2D eigenvalue weighted by Gasteiger charge is 2.07. The first kappa shape index (κ1) is 10.9. The summed E-state index contributed by atoms with van der Waals surface area (Å²) in [4.78, 5) is 8.57. The fourth-order valence-corrected chi connectivity index (χ4v) is 1.18. The summed E-state index contributed by atoms with van der Waals surface area (Å²) >= 11 is 0. The average molecular weight is 191 g/mol. The van der Waals surface area contributed by atoms with Gasteiger partial charge in [-0.3, -0.25) is 0 Å². The number of aryl methyl sites for hydroxylation is 1. The Balaban J connectivity index is 2.90. The van der Waals surface area contributed by atoms with Gasteiger partial charge in [0.15, 0.2) is 0 Å². The van der Waals surface area contributed by atoms with E-state index in [9.17, 15) is 0 Å². The van der Waals surface area contributed by atoms with E-state index in [1.54, 1.807) is 0 Å². The highest BCUT2D eigenvalue weighted by molar-refractivity contribution is 5.12. The Morgan fingerprint density at radius 2 is 1.93 bits per heavy atom. The van der Waals surface area contributed by atoms with Crippen LogP contribution < -0.4 is 5.32 Å². The molecule has 1 unspecified atom stereocenters. The number of aromatic nitrogens is 2. The molecular formula is C11H17N3. The molecule has 1 aromatic rings. The third-order valence-electron chi connectivity index (χ3n) is 1.89. The number of likely N-dealkylation sites (N-methyl/N-ethyl adjacent to an activating group) is 1. The summed E-state index contributed by atoms with van der Waals surface area (Å²) in [5.41, 5.74) is 2.34. The number of rotatable bonds is 3. The first-order chi connectivity index (χ1) is 6.63. The maximum absolute atomic E-state index is 4.28. The molecule has 1 heterocycles. The summed E-state index contributed by atoms with van der Waals surface area (Å²) in [7, 11) is 1.91. The van der Waals surface area contributed by atoms with Crippen molar-refractivity contribution in [3.05, 3.63) is 35.4 Å². The maximum Gasteiger partial charge on any atom is 0.149 e. The summed E-state index contributed by atoms with van der Waals surface area (Å²) in [6.45, 7) is 6.12. The van der Waals surface area contributed by atoms with Gasteiger partial charge in [0.2, 0.25) is 0 Å². The van der Waals surface area contributed by atoms with Gasteiger partial charge in [-0.1, -0.05) is 11.6 Å². The molecule has 1 rings (SSSR count). The lowest BCUT2D eigenvalue weighted by molar-refractivity contribution is 0.661. The van der Waals surface area contributed by atoms with Gasteiger partial charge in [0, 0.05) is 12.4 Å². The van der Waals surface area contributed by atoms with Crippen LogP contribution in [-0.4, -0.2) is 17.0 Å². The van der Waals surface area contributed by atoms with Crippen molar-refractivity contribution in [1.29, 1.82) is 0 Å². The van der Waals surface area contributed by atoms with Crippen molar-refractivity contribution in [2.24, 2.45) is 0 Å². The van der Waals surface area contributed by atoms with Crippen LogP contribution in [0.4, 0.5) is 0 Å². The molecule has 1 aromatic heterocycles. The molecule has 0 aliphatic heterocycles. The SMILES string of the molecule is CNC(C=C(C)C)c1ncc(C)cn1. The highest BCUT2D eigenvalue weighted by Crippen LogP contribution is 2.10. The van der Waals surface area contributed by atoms with Gasteiger partial charge in [-0.2, -0.15) is 0 Å². The molecule has 0 aliphatic carbocycles. The average Bonchev–Trinajstić information content (AvgIpc) is 2.15. The minimum Gasteiger partial charge on any atom is -0.307 e. The summed E-state index contributed by atoms with van der Waals surface area (Å²) in [6.07, 6.45) is 5.79. The largest absolute Gasteiger partial charge is 0.307 e. The molecule has 0 bridgehead atoms. The molecule has 1 atom stereocenters. The van der Waals surface area contributed by atoms with Crippen LogP contribution in [-0.2, 0) is 0 Å². The lowest BCUT2D eigenvalue weighted by Crippen LogP contribution is -2.17. The molecule has 0 saturated heterocycles. The van der Waals surface area contributed by atoms with Crippen LogP contribution in [0.1, 0.15) is 31.3 Å². The van der Waals surface area contributed by atoms with Crippen LogP contribution in [0.5, 0.6) is 0 Å². The van der Waals surface area contributed by atoms with E-state index in [1.807, 2.05) is 26.4 Å². The van der Waals surface area contributed by atoms with Crippen LogP contribution in [0.2, 0.25) is 0 Å². The molecule has 0 aromatic carbocycles. The standard InChI is InChI=1S/C11H17N3/c1-8(2)5-10(12-4)11-13-6-9(3)7-14-11/h5-7,10,12H,1-4H3. The fourth-order valence-electron chi connectivity index (χ4n) is 1.18. The monoisotopic (exact) mass is 191 g/mol. The molecule has 0 aliphatic rings. The van der Waals surface area contributed by atoms with Crippen LogP contribution >= 0.6 is 0 Å². The van der Waals surface area contributed by atoms with E-state index in [0.717, 1.165) is 11.4 Å². The Morgan fingerprint density at radius 1 is 1.36 bits per heavy atom.